The van der Waals surface area contributed by atoms with Gasteiger partial charge in [-0.05, 0) is 47.9 Å². The molecule has 0 fully saturated rings. The van der Waals surface area contributed by atoms with Crippen molar-refractivity contribution in [2.75, 3.05) is 26.2 Å². The number of carbonyl (C=O) groups excluding carboxylic acids is 2. The smallest absolute Gasteiger partial charge is 0.242 e. The van der Waals surface area contributed by atoms with Crippen LogP contribution in [-0.2, 0) is 16.0 Å². The Hall–Kier alpha value is -2.41. The van der Waals surface area contributed by atoms with Crippen molar-refractivity contribution < 1.29 is 18.7 Å². The third kappa shape index (κ3) is 6.06. The Morgan fingerprint density at radius 2 is 2.13 bits per heavy atom. The van der Waals surface area contributed by atoms with E-state index in [1.54, 1.807) is 28.4 Å². The molecule has 0 unspecified atom stereocenters. The largest absolute Gasteiger partial charge is 0.491 e. The lowest BCUT2D eigenvalue weighted by molar-refractivity contribution is -0.143. The van der Waals surface area contributed by atoms with Crippen molar-refractivity contribution in [1.82, 2.24) is 9.80 Å². The van der Waals surface area contributed by atoms with E-state index in [4.69, 9.17) is 4.74 Å². The van der Waals surface area contributed by atoms with Crippen LogP contribution in [0.4, 0.5) is 4.39 Å². The monoisotopic (exact) mass is 446 g/mol. The molecule has 0 spiro atoms. The van der Waals surface area contributed by atoms with Crippen LogP contribution in [0.15, 0.2) is 35.7 Å². The second kappa shape index (κ2) is 10.8. The quantitative estimate of drug-likeness (QED) is 0.562. The molecule has 31 heavy (non-hydrogen) atoms. The zero-order valence-electron chi connectivity index (χ0n) is 18.5. The number of hydrogen-bond donors (Lipinski definition) is 0. The zero-order chi connectivity index (χ0) is 22.4. The molecule has 0 saturated carbocycles. The first-order valence-corrected chi connectivity index (χ1v) is 11.8. The fourth-order valence-electron chi connectivity index (χ4n) is 3.90. The van der Waals surface area contributed by atoms with Gasteiger partial charge in [0.25, 0.3) is 0 Å². The van der Waals surface area contributed by atoms with Gasteiger partial charge in [-0.1, -0.05) is 26.8 Å². The van der Waals surface area contributed by atoms with Crippen molar-refractivity contribution in [2.45, 2.75) is 46.1 Å². The van der Waals surface area contributed by atoms with Crippen LogP contribution >= 0.6 is 11.3 Å². The van der Waals surface area contributed by atoms with Crippen molar-refractivity contribution >= 4 is 23.2 Å². The number of ether oxygens (including phenoxy) is 1. The van der Waals surface area contributed by atoms with Crippen LogP contribution in [0.3, 0.4) is 0 Å². The minimum absolute atomic E-state index is 0.0194. The second-order valence-electron chi connectivity index (χ2n) is 8.33. The Kier molecular flexibility index (Phi) is 8.07. The second-order valence-corrected chi connectivity index (χ2v) is 9.33. The van der Waals surface area contributed by atoms with Gasteiger partial charge in [0.05, 0.1) is 12.6 Å². The average Bonchev–Trinajstić information content (AvgIpc) is 3.20. The van der Waals surface area contributed by atoms with Gasteiger partial charge in [-0.25, -0.2) is 4.39 Å². The Balaban J connectivity index is 1.75. The molecule has 0 saturated heterocycles. The Morgan fingerprint density at radius 1 is 1.32 bits per heavy atom. The van der Waals surface area contributed by atoms with E-state index in [2.05, 4.69) is 0 Å². The molecule has 2 aromatic rings. The molecule has 2 amide bonds. The lowest BCUT2D eigenvalue weighted by atomic mass is 10.00. The summed E-state index contributed by atoms with van der Waals surface area (Å²) < 4.78 is 19.4. The number of fused-ring (bicyclic) bond motifs is 1. The Labute approximate surface area is 187 Å². The molecular formula is C24H31FN2O3S. The molecule has 5 nitrogen and oxygen atoms in total. The number of rotatable bonds is 9. The van der Waals surface area contributed by atoms with Crippen LogP contribution in [-0.4, -0.2) is 47.9 Å². The average molecular weight is 447 g/mol. The molecule has 7 heteroatoms. The highest BCUT2D eigenvalue weighted by molar-refractivity contribution is 7.10. The summed E-state index contributed by atoms with van der Waals surface area (Å²) >= 11 is 1.68. The van der Waals surface area contributed by atoms with Gasteiger partial charge in [0, 0.05) is 30.5 Å². The molecule has 1 atom stereocenters. The van der Waals surface area contributed by atoms with Gasteiger partial charge in [-0.2, -0.15) is 0 Å². The lowest BCUT2D eigenvalue weighted by Crippen LogP contribution is -2.48. The lowest BCUT2D eigenvalue weighted by Gasteiger charge is -2.37. The highest BCUT2D eigenvalue weighted by Crippen LogP contribution is 2.34. The number of benzene rings is 1. The van der Waals surface area contributed by atoms with Gasteiger partial charge >= 0.3 is 0 Å². The summed E-state index contributed by atoms with van der Waals surface area (Å²) in [6.07, 6.45) is 2.04. The molecule has 1 aliphatic rings. The van der Waals surface area contributed by atoms with Gasteiger partial charge in [-0.3, -0.25) is 9.59 Å². The van der Waals surface area contributed by atoms with Gasteiger partial charge in [0.1, 0.15) is 18.2 Å². The first kappa shape index (κ1) is 23.3. The molecule has 0 aliphatic carbocycles. The van der Waals surface area contributed by atoms with E-state index in [1.165, 1.54) is 17.0 Å². The van der Waals surface area contributed by atoms with Gasteiger partial charge in [0.2, 0.25) is 11.8 Å². The number of halogens is 1. The van der Waals surface area contributed by atoms with Crippen molar-refractivity contribution in [3.8, 4) is 5.75 Å². The van der Waals surface area contributed by atoms with Crippen molar-refractivity contribution in [1.29, 1.82) is 0 Å². The minimum Gasteiger partial charge on any atom is -0.491 e. The van der Waals surface area contributed by atoms with Crippen molar-refractivity contribution in [2.24, 2.45) is 5.92 Å². The van der Waals surface area contributed by atoms with Gasteiger partial charge in [0.15, 0.2) is 0 Å². The number of hydrogen-bond acceptors (Lipinski definition) is 4. The van der Waals surface area contributed by atoms with Crippen molar-refractivity contribution in [3.05, 3.63) is 52.0 Å². The summed E-state index contributed by atoms with van der Waals surface area (Å²) in [5.41, 5.74) is 1.08. The summed E-state index contributed by atoms with van der Waals surface area (Å²) in [7, 11) is 0. The molecule has 168 valence electrons. The van der Waals surface area contributed by atoms with E-state index in [9.17, 15) is 14.0 Å². The predicted octanol–water partition coefficient (Wildman–Crippen LogP) is 4.68. The predicted molar refractivity (Wildman–Crippen MR) is 121 cm³/mol. The molecule has 2 heterocycles. The van der Waals surface area contributed by atoms with E-state index in [0.717, 1.165) is 18.4 Å². The molecule has 1 aromatic carbocycles. The summed E-state index contributed by atoms with van der Waals surface area (Å²) in [6, 6.07) is 7.81. The molecular weight excluding hydrogens is 415 g/mol. The number of amides is 2. The maximum atomic E-state index is 13.5. The van der Waals surface area contributed by atoms with E-state index >= 15 is 0 Å². The van der Waals surface area contributed by atoms with E-state index in [1.807, 2.05) is 37.1 Å². The van der Waals surface area contributed by atoms with Crippen LogP contribution < -0.4 is 4.74 Å². The highest BCUT2D eigenvalue weighted by atomic mass is 32.1. The van der Waals surface area contributed by atoms with E-state index in [0.29, 0.717) is 25.3 Å². The Morgan fingerprint density at radius 3 is 2.84 bits per heavy atom. The first-order valence-electron chi connectivity index (χ1n) is 10.9. The molecule has 1 aromatic heterocycles. The fraction of sp³-hybridized carbons (Fsp3) is 0.500. The molecule has 0 N–H and O–H groups in total. The fourth-order valence-corrected chi connectivity index (χ4v) is 4.83. The van der Waals surface area contributed by atoms with Crippen LogP contribution in [0.25, 0.3) is 0 Å². The summed E-state index contributed by atoms with van der Waals surface area (Å²) in [5, 5.41) is 2.03. The highest BCUT2D eigenvalue weighted by Gasteiger charge is 2.33. The SMILES string of the molecule is CCCN(CC(=O)N1CCc2sccc2[C@H]1COc1cccc(F)c1)C(=O)CC(C)C. The van der Waals surface area contributed by atoms with E-state index in [-0.39, 0.29) is 42.7 Å². The summed E-state index contributed by atoms with van der Waals surface area (Å²) in [4.78, 5) is 30.7. The topological polar surface area (TPSA) is 49.9 Å². The number of carbonyl (C=O) groups is 2. The van der Waals surface area contributed by atoms with Crippen LogP contribution in [0.2, 0.25) is 0 Å². The third-order valence-electron chi connectivity index (χ3n) is 5.37. The molecule has 1 aliphatic heterocycles. The van der Waals surface area contributed by atoms with Crippen LogP contribution in [0.1, 0.15) is 50.1 Å². The number of thiophene rings is 1. The maximum Gasteiger partial charge on any atom is 0.242 e. The van der Waals surface area contributed by atoms with Gasteiger partial charge < -0.3 is 14.5 Å². The molecule has 0 bridgehead atoms. The number of nitrogens with zero attached hydrogens (tertiary/aromatic N) is 2. The zero-order valence-corrected chi connectivity index (χ0v) is 19.3. The third-order valence-corrected chi connectivity index (χ3v) is 6.37. The van der Waals surface area contributed by atoms with E-state index < -0.39 is 0 Å². The van der Waals surface area contributed by atoms with Crippen molar-refractivity contribution in [3.63, 3.8) is 0 Å². The Bertz CT molecular complexity index is 898. The van der Waals surface area contributed by atoms with Crippen LogP contribution in [0.5, 0.6) is 5.75 Å². The summed E-state index contributed by atoms with van der Waals surface area (Å²) in [5.74, 6) is 0.276. The van der Waals surface area contributed by atoms with Gasteiger partial charge in [-0.15, -0.1) is 11.3 Å². The normalized spacial score (nSPS) is 15.6. The molecule has 3 rings (SSSR count). The minimum atomic E-state index is -0.357. The molecule has 0 radical (unpaired) electrons. The van der Waals surface area contributed by atoms with Crippen LogP contribution in [0, 0.1) is 11.7 Å². The standard InChI is InChI=1S/C24H31FN2O3S/c1-4-10-26(23(28)13-17(2)3)15-24(29)27-11-8-22-20(9-12-31-22)21(27)16-30-19-7-5-6-18(25)14-19/h5-7,9,12,14,17,21H,4,8,10-11,13,15-16H2,1-3H3/t21-/m1/s1. The first-order chi connectivity index (χ1) is 14.9. The summed E-state index contributed by atoms with van der Waals surface area (Å²) in [6.45, 7) is 7.50. The maximum absolute atomic E-state index is 13.5.